The fraction of sp³-hybridized carbons (Fsp3) is 0.321. The van der Waals surface area contributed by atoms with Crippen LogP contribution in [0.15, 0.2) is 71.8 Å². The second-order valence-corrected chi connectivity index (χ2v) is 10.9. The Morgan fingerprint density at radius 3 is 2.42 bits per heavy atom. The summed E-state index contributed by atoms with van der Waals surface area (Å²) >= 11 is 1.99. The molecule has 3 atom stereocenters. The second kappa shape index (κ2) is 10.2. The first-order valence-corrected chi connectivity index (χ1v) is 13.3. The molecule has 6 nitrogen and oxygen atoms in total. The van der Waals surface area contributed by atoms with Crippen molar-refractivity contribution in [2.75, 3.05) is 5.32 Å². The highest BCUT2D eigenvalue weighted by atomic mass is 127. The number of urea groups is 1. The average molecular weight is 599 g/mol. The van der Waals surface area contributed by atoms with Crippen molar-refractivity contribution in [3.63, 3.8) is 0 Å². The minimum atomic E-state index is -1.16. The highest BCUT2D eigenvalue weighted by Gasteiger charge is 2.48. The number of benzene rings is 2. The average Bonchev–Trinajstić information content (AvgIpc) is 3.68. The Labute approximate surface area is 223 Å². The van der Waals surface area contributed by atoms with Crippen LogP contribution in [0.1, 0.15) is 44.1 Å². The SMILES string of the molecule is C[C@@H](c1ccccc1)[C@@H](C(=O)Nc1ccc(I)cc1F)N1C(=O)NC(C2=CC=C(C3CC3)CC2)C1=O. The number of carbonyl (C=O) groups is 3. The highest BCUT2D eigenvalue weighted by Crippen LogP contribution is 2.41. The summed E-state index contributed by atoms with van der Waals surface area (Å²) in [7, 11) is 0. The zero-order valence-corrected chi connectivity index (χ0v) is 22.0. The van der Waals surface area contributed by atoms with Crippen molar-refractivity contribution < 1.29 is 18.8 Å². The standard InChI is InChI=1S/C28H27FIN3O3/c1-16(17-5-3-2-4-6-17)25(26(34)31-23-14-13-21(30)15-22(23)29)33-27(35)24(32-28(33)36)20-11-9-19(10-12-20)18-7-8-18/h2-6,9,11,13-16,18,24-25H,7-8,10,12H2,1H3,(H,31,34)(H,32,36)/t16-,24?,25-/m0/s1. The zero-order chi connectivity index (χ0) is 25.4. The van der Waals surface area contributed by atoms with E-state index in [9.17, 15) is 18.8 Å². The summed E-state index contributed by atoms with van der Waals surface area (Å²) in [6.45, 7) is 1.79. The van der Waals surface area contributed by atoms with Gasteiger partial charge in [0.1, 0.15) is 17.9 Å². The summed E-state index contributed by atoms with van der Waals surface area (Å²) in [5, 5.41) is 5.40. The summed E-state index contributed by atoms with van der Waals surface area (Å²) in [5.41, 5.74) is 3.04. The van der Waals surface area contributed by atoms with E-state index in [1.807, 2.05) is 59.0 Å². The van der Waals surface area contributed by atoms with Crippen LogP contribution in [0.3, 0.4) is 0 Å². The third-order valence-corrected chi connectivity index (χ3v) is 7.86. The molecule has 1 unspecified atom stereocenters. The topological polar surface area (TPSA) is 78.5 Å². The van der Waals surface area contributed by atoms with E-state index in [1.165, 1.54) is 30.5 Å². The third-order valence-electron chi connectivity index (χ3n) is 7.19. The number of hydrogen-bond donors (Lipinski definition) is 2. The van der Waals surface area contributed by atoms with Crippen LogP contribution >= 0.6 is 22.6 Å². The molecule has 8 heteroatoms. The normalized spacial score (nSPS) is 21.4. The Kier molecular flexibility index (Phi) is 6.96. The molecule has 2 aromatic rings. The van der Waals surface area contributed by atoms with Crippen molar-refractivity contribution in [2.45, 2.75) is 50.6 Å². The summed E-state index contributed by atoms with van der Waals surface area (Å²) in [6, 6.07) is 11.1. The molecular weight excluding hydrogens is 572 g/mol. The first-order valence-electron chi connectivity index (χ1n) is 12.2. The molecule has 2 N–H and O–H groups in total. The maximum atomic E-state index is 14.5. The lowest BCUT2D eigenvalue weighted by atomic mass is 9.89. The van der Waals surface area contributed by atoms with E-state index in [2.05, 4.69) is 16.7 Å². The number of imide groups is 1. The summed E-state index contributed by atoms with van der Waals surface area (Å²) in [6.07, 6.45) is 8.04. The summed E-state index contributed by atoms with van der Waals surface area (Å²) in [4.78, 5) is 41.4. The minimum Gasteiger partial charge on any atom is -0.322 e. The molecule has 2 aliphatic carbocycles. The van der Waals surface area contributed by atoms with Crippen LogP contribution in [0, 0.1) is 15.3 Å². The van der Waals surface area contributed by atoms with Crippen molar-refractivity contribution in [1.82, 2.24) is 10.2 Å². The van der Waals surface area contributed by atoms with E-state index in [-0.39, 0.29) is 5.69 Å². The smallest absolute Gasteiger partial charge is 0.322 e. The van der Waals surface area contributed by atoms with Crippen LogP contribution in [0.2, 0.25) is 0 Å². The van der Waals surface area contributed by atoms with Gasteiger partial charge in [0.25, 0.3) is 5.91 Å². The number of amides is 4. The van der Waals surface area contributed by atoms with E-state index in [1.54, 1.807) is 13.0 Å². The molecule has 5 rings (SSSR count). The van der Waals surface area contributed by atoms with E-state index in [0.717, 1.165) is 22.5 Å². The molecule has 1 heterocycles. The van der Waals surface area contributed by atoms with Crippen molar-refractivity contribution in [3.8, 4) is 0 Å². The predicted molar refractivity (Wildman–Crippen MR) is 144 cm³/mol. The van der Waals surface area contributed by atoms with Crippen LogP contribution in [0.25, 0.3) is 0 Å². The maximum Gasteiger partial charge on any atom is 0.325 e. The molecule has 1 aliphatic heterocycles. The third kappa shape index (κ3) is 4.96. The number of halogens is 2. The molecule has 0 bridgehead atoms. The molecule has 1 saturated carbocycles. The van der Waals surface area contributed by atoms with Gasteiger partial charge >= 0.3 is 6.03 Å². The molecule has 2 aromatic carbocycles. The number of hydrogen-bond acceptors (Lipinski definition) is 3. The van der Waals surface area contributed by atoms with Crippen LogP contribution in [-0.4, -0.2) is 34.8 Å². The lowest BCUT2D eigenvalue weighted by Gasteiger charge is -2.30. The van der Waals surface area contributed by atoms with Gasteiger partial charge in [-0.05, 0) is 83.5 Å². The number of allylic oxidation sites excluding steroid dienone is 3. The van der Waals surface area contributed by atoms with E-state index >= 15 is 0 Å². The highest BCUT2D eigenvalue weighted by molar-refractivity contribution is 14.1. The lowest BCUT2D eigenvalue weighted by Crippen LogP contribution is -2.50. The Hall–Kier alpha value is -3.01. The van der Waals surface area contributed by atoms with Gasteiger partial charge in [-0.2, -0.15) is 0 Å². The number of carbonyl (C=O) groups excluding carboxylic acids is 3. The van der Waals surface area contributed by atoms with Crippen LogP contribution in [0.5, 0.6) is 0 Å². The van der Waals surface area contributed by atoms with E-state index in [4.69, 9.17) is 0 Å². The maximum absolute atomic E-state index is 14.5. The first-order chi connectivity index (χ1) is 17.3. The van der Waals surface area contributed by atoms with Gasteiger partial charge in [0, 0.05) is 9.49 Å². The van der Waals surface area contributed by atoms with Crippen LogP contribution in [0.4, 0.5) is 14.9 Å². The van der Waals surface area contributed by atoms with E-state index < -0.39 is 41.7 Å². The van der Waals surface area contributed by atoms with E-state index in [0.29, 0.717) is 15.9 Å². The second-order valence-electron chi connectivity index (χ2n) is 9.61. The molecule has 0 radical (unpaired) electrons. The molecule has 4 amide bonds. The van der Waals surface area contributed by atoms with Crippen LogP contribution in [-0.2, 0) is 9.59 Å². The summed E-state index contributed by atoms with van der Waals surface area (Å²) < 4.78 is 15.2. The number of nitrogens with one attached hydrogen (secondary N) is 2. The first kappa shape index (κ1) is 24.7. The molecule has 0 spiro atoms. The lowest BCUT2D eigenvalue weighted by molar-refractivity contribution is -0.134. The van der Waals surface area contributed by atoms with Crippen molar-refractivity contribution >= 4 is 46.1 Å². The van der Waals surface area contributed by atoms with Gasteiger partial charge in [-0.3, -0.25) is 9.59 Å². The fourth-order valence-electron chi connectivity index (χ4n) is 5.02. The Bertz CT molecular complexity index is 1270. The van der Waals surface area contributed by atoms with Crippen molar-refractivity contribution in [2.24, 2.45) is 5.92 Å². The molecule has 36 heavy (non-hydrogen) atoms. The molecule has 186 valence electrons. The molecule has 1 saturated heterocycles. The van der Waals surface area contributed by atoms with Gasteiger partial charge in [0.05, 0.1) is 5.69 Å². The van der Waals surface area contributed by atoms with Crippen molar-refractivity contribution in [1.29, 1.82) is 0 Å². The van der Waals surface area contributed by atoms with Crippen LogP contribution < -0.4 is 10.6 Å². The number of anilines is 1. The minimum absolute atomic E-state index is 0.00186. The number of rotatable bonds is 7. The van der Waals surface area contributed by atoms with Gasteiger partial charge < -0.3 is 10.6 Å². The van der Waals surface area contributed by atoms with Gasteiger partial charge in [-0.15, -0.1) is 0 Å². The fourth-order valence-corrected chi connectivity index (χ4v) is 5.47. The number of nitrogens with zero attached hydrogens (tertiary/aromatic N) is 1. The Morgan fingerprint density at radius 1 is 1.08 bits per heavy atom. The van der Waals surface area contributed by atoms with Gasteiger partial charge in [-0.25, -0.2) is 14.1 Å². The largest absolute Gasteiger partial charge is 0.325 e. The monoisotopic (exact) mass is 599 g/mol. The quantitative estimate of drug-likeness (QED) is 0.325. The molecule has 2 fully saturated rings. The van der Waals surface area contributed by atoms with Gasteiger partial charge in [0.2, 0.25) is 5.91 Å². The molecule has 3 aliphatic rings. The predicted octanol–water partition coefficient (Wildman–Crippen LogP) is 5.52. The summed E-state index contributed by atoms with van der Waals surface area (Å²) in [5.74, 6) is -1.52. The van der Waals surface area contributed by atoms with Crippen molar-refractivity contribution in [3.05, 3.63) is 86.8 Å². The van der Waals surface area contributed by atoms with Gasteiger partial charge in [0.15, 0.2) is 0 Å². The molecule has 0 aromatic heterocycles. The zero-order valence-electron chi connectivity index (χ0n) is 19.8. The van der Waals surface area contributed by atoms with Gasteiger partial charge in [-0.1, -0.05) is 55.0 Å². The Morgan fingerprint density at radius 2 is 1.78 bits per heavy atom. The molecular formula is C28H27FIN3O3. The Balaban J connectivity index is 1.44.